The molecule has 0 saturated carbocycles. The normalized spacial score (nSPS) is 23.1. The van der Waals surface area contributed by atoms with Crippen molar-refractivity contribution in [2.75, 3.05) is 18.4 Å². The van der Waals surface area contributed by atoms with Gasteiger partial charge in [-0.05, 0) is 44.4 Å². The van der Waals surface area contributed by atoms with E-state index in [0.717, 1.165) is 6.54 Å². The molecule has 0 aromatic heterocycles. The number of carbonyl (C=O) groups excluding carboxylic acids is 1. The van der Waals surface area contributed by atoms with E-state index in [1.54, 1.807) is 0 Å². The predicted octanol–water partition coefficient (Wildman–Crippen LogP) is 1.87. The van der Waals surface area contributed by atoms with Gasteiger partial charge in [-0.3, -0.25) is 4.79 Å². The largest absolute Gasteiger partial charge is 0.325 e. The molecule has 0 radical (unpaired) electrons. The highest BCUT2D eigenvalue weighted by Crippen LogP contribution is 2.19. The van der Waals surface area contributed by atoms with E-state index in [2.05, 4.69) is 12.2 Å². The van der Waals surface area contributed by atoms with Crippen LogP contribution in [0.3, 0.4) is 0 Å². The fourth-order valence-electron chi connectivity index (χ4n) is 2.50. The van der Waals surface area contributed by atoms with Crippen LogP contribution in [-0.4, -0.2) is 25.0 Å². The van der Waals surface area contributed by atoms with E-state index >= 15 is 0 Å². The number of halogens is 2. The standard InChI is InChI=1S/C14H18ClFN2O/c1-10-4-2-3-7-18(10)9-14(19)17-11-5-6-13(16)12(15)8-11/h5-6,8,10H,2-4,7,9H2,1H3,(H,17,19)/p+1/t10-/m0/s1. The molecule has 1 aromatic rings. The van der Waals surface area contributed by atoms with Crippen LogP contribution in [0.4, 0.5) is 10.1 Å². The summed E-state index contributed by atoms with van der Waals surface area (Å²) in [5.74, 6) is -0.527. The van der Waals surface area contributed by atoms with E-state index in [1.165, 1.54) is 42.4 Å². The van der Waals surface area contributed by atoms with Crippen LogP contribution in [0.2, 0.25) is 5.02 Å². The second-order valence-corrected chi connectivity index (χ2v) is 5.57. The number of nitrogens with one attached hydrogen (secondary N) is 2. The van der Waals surface area contributed by atoms with Gasteiger partial charge in [-0.25, -0.2) is 4.39 Å². The average Bonchev–Trinajstić information content (AvgIpc) is 2.37. The molecule has 1 aliphatic heterocycles. The molecule has 2 atom stereocenters. The molecule has 1 fully saturated rings. The minimum atomic E-state index is -0.477. The van der Waals surface area contributed by atoms with Gasteiger partial charge in [-0.15, -0.1) is 0 Å². The summed E-state index contributed by atoms with van der Waals surface area (Å²) in [6.07, 6.45) is 3.60. The lowest BCUT2D eigenvalue weighted by atomic mass is 10.0. The number of quaternary nitrogens is 1. The van der Waals surface area contributed by atoms with Crippen molar-refractivity contribution >= 4 is 23.2 Å². The van der Waals surface area contributed by atoms with Gasteiger partial charge in [0.05, 0.1) is 17.6 Å². The van der Waals surface area contributed by atoms with Gasteiger partial charge in [0.25, 0.3) is 5.91 Å². The van der Waals surface area contributed by atoms with Crippen LogP contribution in [0.25, 0.3) is 0 Å². The van der Waals surface area contributed by atoms with Gasteiger partial charge in [-0.1, -0.05) is 11.6 Å². The molecule has 1 aliphatic rings. The number of rotatable bonds is 3. The molecule has 0 aliphatic carbocycles. The third-order valence-corrected chi connectivity index (χ3v) is 3.96. The number of piperidine rings is 1. The molecule has 104 valence electrons. The molecule has 1 heterocycles. The topological polar surface area (TPSA) is 33.5 Å². The highest BCUT2D eigenvalue weighted by Gasteiger charge is 2.24. The van der Waals surface area contributed by atoms with Gasteiger partial charge in [0.1, 0.15) is 5.82 Å². The molecule has 5 heteroatoms. The Kier molecular flexibility index (Phi) is 4.77. The van der Waals surface area contributed by atoms with Crippen LogP contribution < -0.4 is 10.2 Å². The maximum absolute atomic E-state index is 13.0. The number of benzene rings is 1. The van der Waals surface area contributed by atoms with Crippen molar-refractivity contribution in [3.05, 3.63) is 29.0 Å². The molecule has 2 rings (SSSR count). The van der Waals surface area contributed by atoms with Gasteiger partial charge in [-0.2, -0.15) is 0 Å². The molecule has 0 bridgehead atoms. The number of amides is 1. The lowest BCUT2D eigenvalue weighted by Gasteiger charge is -2.29. The number of hydrogen-bond donors (Lipinski definition) is 2. The summed E-state index contributed by atoms with van der Waals surface area (Å²) in [5.41, 5.74) is 0.542. The fraction of sp³-hybridized carbons (Fsp3) is 0.500. The van der Waals surface area contributed by atoms with E-state index in [9.17, 15) is 9.18 Å². The van der Waals surface area contributed by atoms with Crippen molar-refractivity contribution in [2.45, 2.75) is 32.2 Å². The third-order valence-electron chi connectivity index (χ3n) is 3.67. The Morgan fingerprint density at radius 3 is 3.00 bits per heavy atom. The predicted molar refractivity (Wildman–Crippen MR) is 74.0 cm³/mol. The van der Waals surface area contributed by atoms with Crippen molar-refractivity contribution in [3.8, 4) is 0 Å². The first-order valence-electron chi connectivity index (χ1n) is 6.66. The average molecular weight is 286 g/mol. The van der Waals surface area contributed by atoms with E-state index < -0.39 is 5.82 Å². The Morgan fingerprint density at radius 1 is 1.53 bits per heavy atom. The van der Waals surface area contributed by atoms with Crippen molar-refractivity contribution in [2.24, 2.45) is 0 Å². The van der Waals surface area contributed by atoms with Crippen molar-refractivity contribution in [1.82, 2.24) is 0 Å². The van der Waals surface area contributed by atoms with Gasteiger partial charge in [0.15, 0.2) is 6.54 Å². The van der Waals surface area contributed by atoms with Crippen LogP contribution in [0.5, 0.6) is 0 Å². The molecular weight excluding hydrogens is 267 g/mol. The fourth-order valence-corrected chi connectivity index (χ4v) is 2.68. The first kappa shape index (κ1) is 14.3. The summed E-state index contributed by atoms with van der Waals surface area (Å²) in [6.45, 7) is 3.67. The summed E-state index contributed by atoms with van der Waals surface area (Å²) in [7, 11) is 0. The van der Waals surface area contributed by atoms with Crippen molar-refractivity contribution in [3.63, 3.8) is 0 Å². The molecule has 0 spiro atoms. The highest BCUT2D eigenvalue weighted by molar-refractivity contribution is 6.31. The second-order valence-electron chi connectivity index (χ2n) is 5.16. The molecule has 1 aromatic carbocycles. The van der Waals surface area contributed by atoms with Gasteiger partial charge < -0.3 is 10.2 Å². The van der Waals surface area contributed by atoms with Crippen molar-refractivity contribution in [1.29, 1.82) is 0 Å². The van der Waals surface area contributed by atoms with Crippen LogP contribution in [0.15, 0.2) is 18.2 Å². The van der Waals surface area contributed by atoms with Crippen LogP contribution in [0, 0.1) is 5.82 Å². The van der Waals surface area contributed by atoms with Crippen LogP contribution in [-0.2, 0) is 4.79 Å². The Hall–Kier alpha value is -1.13. The molecule has 19 heavy (non-hydrogen) atoms. The molecule has 2 N–H and O–H groups in total. The van der Waals surface area contributed by atoms with Gasteiger partial charge in [0, 0.05) is 5.69 Å². The SMILES string of the molecule is C[C@H]1CCCC[NH+]1CC(=O)Nc1ccc(F)c(Cl)c1. The summed E-state index contributed by atoms with van der Waals surface area (Å²) in [4.78, 5) is 13.3. The van der Waals surface area contributed by atoms with Crippen LogP contribution in [0.1, 0.15) is 26.2 Å². The first-order chi connectivity index (χ1) is 9.06. The van der Waals surface area contributed by atoms with E-state index in [1.807, 2.05) is 0 Å². The summed E-state index contributed by atoms with van der Waals surface area (Å²) in [6, 6.07) is 4.74. The van der Waals surface area contributed by atoms with Gasteiger partial charge in [0.2, 0.25) is 0 Å². The molecule has 3 nitrogen and oxygen atoms in total. The first-order valence-corrected chi connectivity index (χ1v) is 7.03. The summed E-state index contributed by atoms with van der Waals surface area (Å²) in [5, 5.41) is 2.79. The molecule has 1 amide bonds. The van der Waals surface area contributed by atoms with E-state index in [4.69, 9.17) is 11.6 Å². The van der Waals surface area contributed by atoms with Crippen LogP contribution >= 0.6 is 11.6 Å². The second kappa shape index (κ2) is 6.35. The zero-order chi connectivity index (χ0) is 13.8. The Bertz CT molecular complexity index is 467. The quantitative estimate of drug-likeness (QED) is 0.873. The number of anilines is 1. The highest BCUT2D eigenvalue weighted by atomic mass is 35.5. The Balaban J connectivity index is 1.91. The monoisotopic (exact) mass is 285 g/mol. The lowest BCUT2D eigenvalue weighted by molar-refractivity contribution is -0.920. The smallest absolute Gasteiger partial charge is 0.279 e. The minimum absolute atomic E-state index is 0.0245. The lowest BCUT2D eigenvalue weighted by Crippen LogP contribution is -3.17. The molecular formula is C14H19ClFN2O+. The molecule has 1 unspecified atom stereocenters. The number of likely N-dealkylation sites (tertiary alicyclic amines) is 1. The Labute approximate surface area is 117 Å². The van der Waals surface area contributed by atoms with Crippen molar-refractivity contribution < 1.29 is 14.1 Å². The zero-order valence-electron chi connectivity index (χ0n) is 11.0. The number of hydrogen-bond acceptors (Lipinski definition) is 1. The maximum atomic E-state index is 13.0. The van der Waals surface area contributed by atoms with E-state index in [-0.39, 0.29) is 10.9 Å². The maximum Gasteiger partial charge on any atom is 0.279 e. The summed E-state index contributed by atoms with van der Waals surface area (Å²) >= 11 is 5.68. The third kappa shape index (κ3) is 3.91. The molecule has 1 saturated heterocycles. The summed E-state index contributed by atoms with van der Waals surface area (Å²) < 4.78 is 13.0. The Morgan fingerprint density at radius 2 is 2.32 bits per heavy atom. The minimum Gasteiger partial charge on any atom is -0.325 e. The van der Waals surface area contributed by atoms with E-state index in [0.29, 0.717) is 18.3 Å². The zero-order valence-corrected chi connectivity index (χ0v) is 11.8. The number of carbonyl (C=O) groups is 1. The van der Waals surface area contributed by atoms with Gasteiger partial charge >= 0.3 is 0 Å².